The zero-order chi connectivity index (χ0) is 23.3. The number of aliphatic imine (C=N–C) groups is 2. The van der Waals surface area contributed by atoms with Gasteiger partial charge >= 0.3 is 6.18 Å². The lowest BCUT2D eigenvalue weighted by Crippen LogP contribution is -2.27. The summed E-state index contributed by atoms with van der Waals surface area (Å²) in [5, 5.41) is 3.20. The van der Waals surface area contributed by atoms with Gasteiger partial charge in [-0.25, -0.2) is 4.99 Å². The third-order valence-corrected chi connectivity index (χ3v) is 4.18. The van der Waals surface area contributed by atoms with E-state index >= 15 is 0 Å². The molecular weight excluding hydrogens is 405 g/mol. The highest BCUT2D eigenvalue weighted by atomic mass is 19.4. The molecule has 0 aromatic heterocycles. The number of rotatable bonds is 12. The van der Waals surface area contributed by atoms with E-state index in [1.807, 2.05) is 42.2 Å². The van der Waals surface area contributed by atoms with Crippen LogP contribution in [0.2, 0.25) is 0 Å². The normalized spacial score (nSPS) is 13.5. The minimum atomic E-state index is -4.43. The average Bonchev–Trinajstić information content (AvgIpc) is 2.70. The van der Waals surface area contributed by atoms with Gasteiger partial charge < -0.3 is 16.8 Å². The second-order valence-corrected chi connectivity index (χ2v) is 6.76. The fourth-order valence-corrected chi connectivity index (χ4v) is 2.62. The highest BCUT2D eigenvalue weighted by Crippen LogP contribution is 2.24. The first kappa shape index (κ1) is 26.0. The monoisotopic (exact) mass is 436 g/mol. The number of benzene rings is 1. The molecule has 0 unspecified atom stereocenters. The summed E-state index contributed by atoms with van der Waals surface area (Å²) in [5.74, 6) is 0.586. The Balaban J connectivity index is 2.75. The lowest BCUT2D eigenvalue weighted by molar-refractivity contribution is -0.0857. The summed E-state index contributed by atoms with van der Waals surface area (Å²) in [4.78, 5) is 10.0. The summed E-state index contributed by atoms with van der Waals surface area (Å²) in [6, 6.07) is 7.47. The van der Waals surface area contributed by atoms with E-state index in [1.165, 1.54) is 13.3 Å². The van der Waals surface area contributed by atoms with Crippen molar-refractivity contribution >= 4 is 18.2 Å². The van der Waals surface area contributed by atoms with Crippen LogP contribution in [-0.4, -0.2) is 43.3 Å². The van der Waals surface area contributed by atoms with E-state index in [4.69, 9.17) is 11.5 Å². The van der Waals surface area contributed by atoms with Crippen molar-refractivity contribution in [3.8, 4) is 0 Å². The van der Waals surface area contributed by atoms with Crippen molar-refractivity contribution in [3.63, 3.8) is 0 Å². The molecule has 0 saturated heterocycles. The molecule has 6 nitrogen and oxygen atoms in total. The molecule has 0 aliphatic carbocycles. The van der Waals surface area contributed by atoms with Gasteiger partial charge in [0.1, 0.15) is 5.82 Å². The van der Waals surface area contributed by atoms with Crippen LogP contribution in [0.25, 0.3) is 0 Å². The van der Waals surface area contributed by atoms with Gasteiger partial charge in [-0.1, -0.05) is 31.7 Å². The van der Waals surface area contributed by atoms with Gasteiger partial charge in [-0.2, -0.15) is 13.2 Å². The molecule has 5 N–H and O–H groups in total. The first-order valence-corrected chi connectivity index (χ1v) is 9.90. The fraction of sp³-hybridized carbons (Fsp3) is 0.364. The SMILES string of the molecule is C=C(CN(C/C=C(\N=CN)NCc1ccc(N)cc1)CCC)N=C/C(=C\C)C(F)(F)F. The summed E-state index contributed by atoms with van der Waals surface area (Å²) < 4.78 is 38.4. The maximum absolute atomic E-state index is 12.8. The van der Waals surface area contributed by atoms with Crippen LogP contribution < -0.4 is 16.8 Å². The molecule has 0 fully saturated rings. The predicted octanol–water partition coefficient (Wildman–Crippen LogP) is 3.99. The number of alkyl halides is 3. The molecule has 0 aliphatic heterocycles. The number of nitrogens with one attached hydrogen (secondary N) is 1. The lowest BCUT2D eigenvalue weighted by atomic mass is 10.2. The van der Waals surface area contributed by atoms with Crippen molar-refractivity contribution in [2.45, 2.75) is 33.0 Å². The molecule has 0 spiro atoms. The van der Waals surface area contributed by atoms with Crippen LogP contribution in [0.4, 0.5) is 18.9 Å². The van der Waals surface area contributed by atoms with Gasteiger partial charge in [0, 0.05) is 37.2 Å². The second-order valence-electron chi connectivity index (χ2n) is 6.76. The van der Waals surface area contributed by atoms with Crippen molar-refractivity contribution in [3.05, 3.63) is 65.7 Å². The van der Waals surface area contributed by atoms with E-state index in [9.17, 15) is 13.2 Å². The van der Waals surface area contributed by atoms with Crippen LogP contribution in [-0.2, 0) is 6.54 Å². The van der Waals surface area contributed by atoms with E-state index in [1.54, 1.807) is 0 Å². The van der Waals surface area contributed by atoms with Crippen molar-refractivity contribution in [2.75, 3.05) is 25.4 Å². The predicted molar refractivity (Wildman–Crippen MR) is 123 cm³/mol. The molecule has 0 heterocycles. The zero-order valence-corrected chi connectivity index (χ0v) is 18.0. The summed E-state index contributed by atoms with van der Waals surface area (Å²) in [5.41, 5.74) is 12.4. The number of nitrogens with two attached hydrogens (primary N) is 2. The quantitative estimate of drug-likeness (QED) is 0.262. The van der Waals surface area contributed by atoms with Crippen LogP contribution in [0.3, 0.4) is 0 Å². The van der Waals surface area contributed by atoms with Crippen molar-refractivity contribution in [2.24, 2.45) is 15.7 Å². The number of anilines is 1. The first-order valence-electron chi connectivity index (χ1n) is 9.90. The number of allylic oxidation sites excluding steroid dienone is 2. The molecule has 0 radical (unpaired) electrons. The van der Waals surface area contributed by atoms with Crippen LogP contribution in [0.15, 0.2) is 70.1 Å². The Kier molecular flexibility index (Phi) is 11.1. The molecule has 31 heavy (non-hydrogen) atoms. The van der Waals surface area contributed by atoms with E-state index < -0.39 is 11.7 Å². The minimum absolute atomic E-state index is 0.327. The molecule has 0 amide bonds. The van der Waals surface area contributed by atoms with E-state index in [0.29, 0.717) is 36.8 Å². The van der Waals surface area contributed by atoms with E-state index in [0.717, 1.165) is 30.8 Å². The summed E-state index contributed by atoms with van der Waals surface area (Å²) in [7, 11) is 0. The van der Waals surface area contributed by atoms with Gasteiger partial charge in [-0.3, -0.25) is 9.89 Å². The molecule has 1 aromatic carbocycles. The Morgan fingerprint density at radius 1 is 1.23 bits per heavy atom. The summed E-state index contributed by atoms with van der Waals surface area (Å²) in [6.07, 6.45) is 1.27. The van der Waals surface area contributed by atoms with Gasteiger partial charge in [0.2, 0.25) is 0 Å². The molecule has 1 aromatic rings. The highest BCUT2D eigenvalue weighted by molar-refractivity contribution is 5.80. The highest BCUT2D eigenvalue weighted by Gasteiger charge is 2.31. The Morgan fingerprint density at radius 2 is 1.90 bits per heavy atom. The lowest BCUT2D eigenvalue weighted by Gasteiger charge is -2.20. The molecule has 9 heteroatoms. The maximum atomic E-state index is 12.8. The number of halogens is 3. The Labute approximate surface area is 181 Å². The van der Waals surface area contributed by atoms with Gasteiger partial charge in [-0.05, 0) is 43.7 Å². The maximum Gasteiger partial charge on any atom is 0.417 e. The Bertz CT molecular complexity index is 808. The molecule has 0 saturated carbocycles. The molecular formula is C22H31F3N6. The molecule has 1 rings (SSSR count). The molecule has 0 atom stereocenters. The van der Waals surface area contributed by atoms with Gasteiger partial charge in [-0.15, -0.1) is 0 Å². The van der Waals surface area contributed by atoms with E-state index in [2.05, 4.69) is 21.9 Å². The van der Waals surface area contributed by atoms with Crippen LogP contribution in [0.1, 0.15) is 25.8 Å². The molecule has 0 bridgehead atoms. The summed E-state index contributed by atoms with van der Waals surface area (Å²) >= 11 is 0. The van der Waals surface area contributed by atoms with Crippen molar-refractivity contribution in [1.29, 1.82) is 0 Å². The number of hydrogen-bond donors (Lipinski definition) is 3. The van der Waals surface area contributed by atoms with Gasteiger partial charge in [0.15, 0.2) is 0 Å². The van der Waals surface area contributed by atoms with E-state index in [-0.39, 0.29) is 0 Å². The molecule has 0 aliphatic rings. The minimum Gasteiger partial charge on any atom is -0.399 e. The number of nitrogens with zero attached hydrogens (tertiary/aromatic N) is 3. The smallest absolute Gasteiger partial charge is 0.399 e. The third kappa shape index (κ3) is 10.5. The van der Waals surface area contributed by atoms with Gasteiger partial charge in [0.25, 0.3) is 0 Å². The van der Waals surface area contributed by atoms with Gasteiger partial charge in [0.05, 0.1) is 11.9 Å². The van der Waals surface area contributed by atoms with Crippen LogP contribution in [0.5, 0.6) is 0 Å². The Hall–Kier alpha value is -3.07. The first-order chi connectivity index (χ1) is 14.7. The third-order valence-electron chi connectivity index (χ3n) is 4.18. The zero-order valence-electron chi connectivity index (χ0n) is 18.0. The number of hydrogen-bond acceptors (Lipinski definition) is 5. The average molecular weight is 437 g/mol. The van der Waals surface area contributed by atoms with Crippen molar-refractivity contribution in [1.82, 2.24) is 10.2 Å². The second kappa shape index (κ2) is 13.3. The largest absolute Gasteiger partial charge is 0.417 e. The topological polar surface area (TPSA) is 92.0 Å². The molecule has 170 valence electrons. The number of nitrogen functional groups attached to an aromatic ring is 1. The summed E-state index contributed by atoms with van der Waals surface area (Å²) in [6.45, 7) is 9.21. The van der Waals surface area contributed by atoms with Crippen LogP contribution in [0, 0.1) is 0 Å². The van der Waals surface area contributed by atoms with Crippen molar-refractivity contribution < 1.29 is 13.2 Å². The fourth-order valence-electron chi connectivity index (χ4n) is 2.62. The Morgan fingerprint density at radius 3 is 2.45 bits per heavy atom. The standard InChI is InChI=1S/C22H31F3N6/c1-4-11-31(15-17(3)28-14-19(5-2)22(23,24)25)12-10-21(30-16-26)29-13-18-6-8-20(27)9-7-18/h5-10,14,16,29H,3-4,11-13,15,27H2,1-2H3,(H2,26,30)/b19-5+,21-10-,28-14?. The van der Waals surface area contributed by atoms with Crippen LogP contribution >= 0.6 is 0 Å².